The van der Waals surface area contributed by atoms with Crippen LogP contribution in [0.25, 0.3) is 21.8 Å². The fourth-order valence-electron chi connectivity index (χ4n) is 3.11. The molecule has 3 rings (SSSR count). The molecule has 2 N–H and O–H groups in total. The van der Waals surface area contributed by atoms with E-state index >= 15 is 0 Å². The first-order valence-electron chi connectivity index (χ1n) is 8.95. The molecule has 9 heteroatoms. The van der Waals surface area contributed by atoms with Crippen LogP contribution in [0.2, 0.25) is 6.04 Å². The third kappa shape index (κ3) is 4.45. The van der Waals surface area contributed by atoms with Crippen molar-refractivity contribution in [2.45, 2.75) is 12.5 Å². The van der Waals surface area contributed by atoms with E-state index in [1.54, 1.807) is 33.7 Å². The van der Waals surface area contributed by atoms with Gasteiger partial charge in [0.05, 0.1) is 16.7 Å². The Morgan fingerprint density at radius 3 is 2.43 bits per heavy atom. The Labute approximate surface area is 170 Å². The number of anilines is 1. The lowest BCUT2D eigenvalue weighted by molar-refractivity contribution is 0.123. The van der Waals surface area contributed by atoms with Crippen LogP contribution in [-0.4, -0.2) is 51.8 Å². The average Bonchev–Trinajstić information content (AvgIpc) is 2.74. The number of benzene rings is 1. The fraction of sp³-hybridized carbons (Fsp3) is 0.316. The van der Waals surface area contributed by atoms with Crippen LogP contribution in [0.3, 0.4) is 0 Å². The van der Waals surface area contributed by atoms with E-state index < -0.39 is 8.80 Å². The Bertz CT molecular complexity index is 960. The lowest BCUT2D eigenvalue weighted by Crippen LogP contribution is -2.43. The summed E-state index contributed by atoms with van der Waals surface area (Å²) in [6.07, 6.45) is 4.36. The summed E-state index contributed by atoms with van der Waals surface area (Å²) in [5, 5.41) is 9.05. The Morgan fingerprint density at radius 2 is 1.71 bits per heavy atom. The molecule has 7 nitrogen and oxygen atoms in total. The molecule has 0 saturated heterocycles. The molecule has 0 bridgehead atoms. The number of hydrogen-bond acceptors (Lipinski definition) is 6. The van der Waals surface area contributed by atoms with E-state index in [1.807, 2.05) is 30.3 Å². The van der Waals surface area contributed by atoms with Gasteiger partial charge < -0.3 is 23.9 Å². The summed E-state index contributed by atoms with van der Waals surface area (Å²) in [6, 6.07) is 10.6. The molecule has 0 aliphatic rings. The number of hydrogen-bond donors (Lipinski definition) is 2. The minimum Gasteiger partial charge on any atom is -0.377 e. The molecule has 3 aromatic rings. The van der Waals surface area contributed by atoms with Gasteiger partial charge in [-0.15, -0.1) is 0 Å². The van der Waals surface area contributed by atoms with E-state index in [9.17, 15) is 0 Å². The summed E-state index contributed by atoms with van der Waals surface area (Å²) < 4.78 is 16.3. The van der Waals surface area contributed by atoms with Gasteiger partial charge in [-0.1, -0.05) is 6.07 Å². The molecule has 0 aliphatic carbocycles. The molecule has 0 radical (unpaired) electrons. The van der Waals surface area contributed by atoms with Gasteiger partial charge in [0.2, 0.25) is 0 Å². The van der Waals surface area contributed by atoms with E-state index in [4.69, 9.17) is 25.5 Å². The minimum atomic E-state index is -2.55. The fourth-order valence-corrected chi connectivity index (χ4v) is 5.04. The van der Waals surface area contributed by atoms with Gasteiger partial charge in [0, 0.05) is 57.1 Å². The van der Waals surface area contributed by atoms with Crippen molar-refractivity contribution in [3.05, 3.63) is 42.7 Å². The predicted octanol–water partition coefficient (Wildman–Crippen LogP) is 3.34. The number of nitrogens with one attached hydrogen (secondary N) is 2. The topological polar surface area (TPSA) is 77.5 Å². The van der Waals surface area contributed by atoms with Crippen molar-refractivity contribution in [2.75, 3.05) is 33.2 Å². The molecular formula is C19H24N4O3SSi. The Balaban J connectivity index is 1.68. The van der Waals surface area contributed by atoms with Crippen molar-refractivity contribution in [1.29, 1.82) is 0 Å². The Morgan fingerprint density at radius 1 is 1.04 bits per heavy atom. The maximum absolute atomic E-state index is 5.47. The SMILES string of the molecule is CO[Si](CCCNC(=S)Nc1cc2cccnc2c2ncccc12)(OC)OC. The Hall–Kier alpha value is -2.17. The van der Waals surface area contributed by atoms with Crippen molar-refractivity contribution in [1.82, 2.24) is 15.3 Å². The van der Waals surface area contributed by atoms with Crippen LogP contribution in [0.4, 0.5) is 5.69 Å². The van der Waals surface area contributed by atoms with Gasteiger partial charge in [-0.3, -0.25) is 9.97 Å². The monoisotopic (exact) mass is 416 g/mol. The summed E-state index contributed by atoms with van der Waals surface area (Å²) in [7, 11) is 2.30. The lowest BCUT2D eigenvalue weighted by atomic mass is 10.1. The molecule has 1 aromatic carbocycles. The number of fused-ring (bicyclic) bond motifs is 3. The number of aromatic nitrogens is 2. The zero-order chi connectivity index (χ0) is 20.0. The third-order valence-corrected chi connectivity index (χ3v) is 7.67. The molecule has 0 spiro atoms. The van der Waals surface area contributed by atoms with Gasteiger partial charge in [-0.05, 0) is 42.9 Å². The highest BCUT2D eigenvalue weighted by Crippen LogP contribution is 2.29. The molecule has 28 heavy (non-hydrogen) atoms. The van der Waals surface area contributed by atoms with E-state index in [1.165, 1.54) is 0 Å². The van der Waals surface area contributed by atoms with Crippen LogP contribution in [-0.2, 0) is 13.3 Å². The molecule has 0 atom stereocenters. The number of pyridine rings is 2. The van der Waals surface area contributed by atoms with E-state index in [0.717, 1.165) is 33.9 Å². The van der Waals surface area contributed by atoms with Crippen LogP contribution in [0.15, 0.2) is 42.7 Å². The molecule has 0 saturated carbocycles. The molecule has 2 heterocycles. The zero-order valence-corrected chi connectivity index (χ0v) is 18.0. The van der Waals surface area contributed by atoms with Gasteiger partial charge in [0.15, 0.2) is 5.11 Å². The summed E-state index contributed by atoms with van der Waals surface area (Å²) in [6.45, 7) is 0.683. The van der Waals surface area contributed by atoms with Crippen LogP contribution in [0, 0.1) is 0 Å². The predicted molar refractivity (Wildman–Crippen MR) is 117 cm³/mol. The maximum atomic E-state index is 5.47. The van der Waals surface area contributed by atoms with E-state index in [0.29, 0.717) is 17.7 Å². The third-order valence-electron chi connectivity index (χ3n) is 4.59. The molecule has 0 unspecified atom stereocenters. The second-order valence-corrected chi connectivity index (χ2v) is 9.68. The summed E-state index contributed by atoms with van der Waals surface area (Å²) >= 11 is 5.47. The van der Waals surface area contributed by atoms with Crippen LogP contribution < -0.4 is 10.6 Å². The summed E-state index contributed by atoms with van der Waals surface area (Å²) in [4.78, 5) is 8.97. The first-order chi connectivity index (χ1) is 13.6. The second-order valence-electron chi connectivity index (χ2n) is 6.18. The first-order valence-corrected chi connectivity index (χ1v) is 11.3. The van der Waals surface area contributed by atoms with Crippen molar-refractivity contribution < 1.29 is 13.3 Å². The number of rotatable bonds is 8. The van der Waals surface area contributed by atoms with Crippen molar-refractivity contribution in [3.63, 3.8) is 0 Å². The number of thiocarbonyl (C=S) groups is 1. The average molecular weight is 417 g/mol. The molecule has 0 aliphatic heterocycles. The highest BCUT2D eigenvalue weighted by molar-refractivity contribution is 7.80. The highest BCUT2D eigenvalue weighted by atomic mass is 32.1. The van der Waals surface area contributed by atoms with E-state index in [2.05, 4.69) is 20.6 Å². The minimum absolute atomic E-state index is 0.549. The quantitative estimate of drug-likeness (QED) is 0.251. The second kappa shape index (κ2) is 9.35. The molecule has 0 fully saturated rings. The summed E-state index contributed by atoms with van der Waals surface area (Å²) in [5.41, 5.74) is 2.62. The Kier molecular flexibility index (Phi) is 6.86. The number of nitrogens with zero attached hydrogens (tertiary/aromatic N) is 2. The smallest absolute Gasteiger partial charge is 0.377 e. The van der Waals surface area contributed by atoms with Gasteiger partial charge in [0.1, 0.15) is 0 Å². The van der Waals surface area contributed by atoms with Crippen molar-refractivity contribution in [2.24, 2.45) is 0 Å². The molecule has 148 valence electrons. The maximum Gasteiger partial charge on any atom is 0.500 e. The molecular weight excluding hydrogens is 392 g/mol. The van der Waals surface area contributed by atoms with E-state index in [-0.39, 0.29) is 0 Å². The molecule has 2 aromatic heterocycles. The van der Waals surface area contributed by atoms with Crippen LogP contribution >= 0.6 is 12.2 Å². The lowest BCUT2D eigenvalue weighted by Gasteiger charge is -2.24. The van der Waals surface area contributed by atoms with Gasteiger partial charge in [-0.2, -0.15) is 0 Å². The standard InChI is InChI=1S/C19H24N4O3SSi/c1-24-28(25-2,26-3)12-6-11-22-19(27)23-16-13-14-7-4-9-20-17(14)18-15(16)8-5-10-21-18/h4-5,7-10,13H,6,11-12H2,1-3H3,(H2,22,23,27). The van der Waals surface area contributed by atoms with Crippen LogP contribution in [0.5, 0.6) is 0 Å². The van der Waals surface area contributed by atoms with Crippen molar-refractivity contribution in [3.8, 4) is 0 Å². The largest absolute Gasteiger partial charge is 0.500 e. The summed E-state index contributed by atoms with van der Waals surface area (Å²) in [5.74, 6) is 0. The van der Waals surface area contributed by atoms with Gasteiger partial charge in [-0.25, -0.2) is 0 Å². The molecule has 0 amide bonds. The normalized spacial score (nSPS) is 11.7. The van der Waals surface area contributed by atoms with Gasteiger partial charge in [0.25, 0.3) is 0 Å². The highest BCUT2D eigenvalue weighted by Gasteiger charge is 2.36. The zero-order valence-electron chi connectivity index (χ0n) is 16.2. The first kappa shape index (κ1) is 20.6. The van der Waals surface area contributed by atoms with Crippen molar-refractivity contribution >= 4 is 53.6 Å². The van der Waals surface area contributed by atoms with Gasteiger partial charge >= 0.3 is 8.80 Å². The van der Waals surface area contributed by atoms with Crippen LogP contribution in [0.1, 0.15) is 6.42 Å².